The van der Waals surface area contributed by atoms with Gasteiger partial charge in [-0.25, -0.2) is 13.9 Å². The van der Waals surface area contributed by atoms with Crippen molar-refractivity contribution in [1.29, 1.82) is 0 Å². The molecule has 158 valence electrons. The fourth-order valence-electron chi connectivity index (χ4n) is 4.18. The Labute approximate surface area is 176 Å². The highest BCUT2D eigenvalue weighted by Crippen LogP contribution is 2.34. The Morgan fingerprint density at radius 3 is 2.65 bits per heavy atom. The van der Waals surface area contributed by atoms with Gasteiger partial charge in [0.25, 0.3) is 11.5 Å². The number of aromatic amines is 1. The second-order valence-corrected chi connectivity index (χ2v) is 7.99. The zero-order valence-corrected chi connectivity index (χ0v) is 17.0. The molecular weight excluding hydrogens is 400 g/mol. The van der Waals surface area contributed by atoms with Gasteiger partial charge in [-0.05, 0) is 29.8 Å². The molecule has 0 saturated carbocycles. The van der Waals surface area contributed by atoms with E-state index in [4.69, 9.17) is 0 Å². The normalized spacial score (nSPS) is 16.2. The number of aromatic nitrogens is 4. The predicted molar refractivity (Wildman–Crippen MR) is 117 cm³/mol. The van der Waals surface area contributed by atoms with Crippen molar-refractivity contribution in [2.75, 3.05) is 13.1 Å². The summed E-state index contributed by atoms with van der Waals surface area (Å²) in [4.78, 5) is 13.8. The smallest absolute Gasteiger partial charge is 0.272 e. The molecule has 1 aliphatic heterocycles. The number of nitrogens with zero attached hydrogens (tertiary/aromatic N) is 4. The number of fused-ring (bicyclic) bond motifs is 2. The quantitative estimate of drug-likeness (QED) is 0.539. The van der Waals surface area contributed by atoms with Crippen molar-refractivity contribution >= 4 is 27.4 Å². The van der Waals surface area contributed by atoms with Crippen molar-refractivity contribution in [3.63, 3.8) is 0 Å². The van der Waals surface area contributed by atoms with Crippen molar-refractivity contribution in [1.82, 2.24) is 24.9 Å². The summed E-state index contributed by atoms with van der Waals surface area (Å²) in [7, 11) is 1.87. The highest BCUT2D eigenvalue weighted by atomic mass is 19.3. The van der Waals surface area contributed by atoms with E-state index in [1.54, 1.807) is 16.9 Å². The first-order valence-corrected chi connectivity index (χ1v) is 10.1. The third-order valence-electron chi connectivity index (χ3n) is 6.00. The van der Waals surface area contributed by atoms with Gasteiger partial charge in [0.15, 0.2) is 0 Å². The summed E-state index contributed by atoms with van der Waals surface area (Å²) in [5.74, 6) is -2.59. The zero-order valence-electron chi connectivity index (χ0n) is 17.0. The molecule has 1 N–H and O–H groups in total. The van der Waals surface area contributed by atoms with Gasteiger partial charge in [0.1, 0.15) is 5.69 Å². The molecule has 4 aromatic rings. The molecule has 1 aliphatic rings. The van der Waals surface area contributed by atoms with E-state index in [0.29, 0.717) is 18.5 Å². The van der Waals surface area contributed by atoms with Gasteiger partial charge >= 0.3 is 0 Å². The fraction of sp³-hybridized carbons (Fsp3) is 0.261. The van der Waals surface area contributed by atoms with Crippen LogP contribution in [0.5, 0.6) is 0 Å². The maximum atomic E-state index is 13.5. The topological polar surface area (TPSA) is 66.8 Å². The van der Waals surface area contributed by atoms with Crippen LogP contribution in [0.15, 0.2) is 54.0 Å². The summed E-state index contributed by atoms with van der Waals surface area (Å²) < 4.78 is 28.8. The van der Waals surface area contributed by atoms with Gasteiger partial charge in [-0.2, -0.15) is 10.2 Å². The molecule has 31 heavy (non-hydrogen) atoms. The monoisotopic (exact) mass is 421 g/mol. The molecule has 0 bridgehead atoms. The van der Waals surface area contributed by atoms with Crippen LogP contribution in [0.2, 0.25) is 0 Å². The lowest BCUT2D eigenvalue weighted by molar-refractivity contribution is -0.0450. The number of H-pyrrole nitrogens is 1. The molecule has 3 heterocycles. The molecule has 2 aromatic heterocycles. The van der Waals surface area contributed by atoms with Crippen LogP contribution >= 0.6 is 0 Å². The molecule has 0 atom stereocenters. The number of hydrogen-bond donors (Lipinski definition) is 1. The molecule has 0 radical (unpaired) electrons. The van der Waals surface area contributed by atoms with Gasteiger partial charge in [0, 0.05) is 55.0 Å². The van der Waals surface area contributed by atoms with Crippen molar-refractivity contribution in [3.05, 3.63) is 65.1 Å². The molecule has 5 rings (SSSR count). The van der Waals surface area contributed by atoms with E-state index in [9.17, 15) is 13.6 Å². The molecule has 2 aromatic carbocycles. The van der Waals surface area contributed by atoms with E-state index in [0.717, 1.165) is 38.8 Å². The number of halogens is 2. The first-order chi connectivity index (χ1) is 14.8. The highest BCUT2D eigenvalue weighted by Gasteiger charge is 2.34. The summed E-state index contributed by atoms with van der Waals surface area (Å²) in [6.07, 6.45) is 1.32. The lowest BCUT2D eigenvalue weighted by atomic mass is 10.0. The molecule has 8 heteroatoms. The molecule has 0 spiro atoms. The second kappa shape index (κ2) is 7.01. The van der Waals surface area contributed by atoms with Gasteiger partial charge in [-0.1, -0.05) is 18.7 Å². The molecule has 1 saturated heterocycles. The SMILES string of the molecule is C=C(c1ccc2c(-c3ccc4c(=O)[nH]ncc4c3)nn(C)c2c1)N1CCC(F)(F)CC1. The van der Waals surface area contributed by atoms with E-state index in [1.807, 2.05) is 42.3 Å². The number of rotatable bonds is 3. The standard InChI is InChI=1S/C23H21F2N5O/c1-14(30-9-7-23(24,25)8-10-30)15-3-6-19-20(12-15)29(2)28-21(19)16-4-5-18-17(11-16)13-26-27-22(18)31/h3-6,11-13H,1,7-10H2,2H3,(H,27,31). The zero-order chi connectivity index (χ0) is 21.8. The summed E-state index contributed by atoms with van der Waals surface area (Å²) in [5, 5.41) is 13.3. The Morgan fingerprint density at radius 1 is 1.13 bits per heavy atom. The third kappa shape index (κ3) is 3.37. The maximum absolute atomic E-state index is 13.5. The minimum atomic E-state index is -2.59. The summed E-state index contributed by atoms with van der Waals surface area (Å²) >= 11 is 0. The lowest BCUT2D eigenvalue weighted by Crippen LogP contribution is -2.38. The van der Waals surface area contributed by atoms with Gasteiger partial charge in [0.2, 0.25) is 0 Å². The summed E-state index contributed by atoms with van der Waals surface area (Å²) in [6.45, 7) is 4.74. The van der Waals surface area contributed by atoms with Gasteiger partial charge in [0.05, 0.1) is 17.1 Å². The van der Waals surface area contributed by atoms with Crippen LogP contribution in [0.1, 0.15) is 18.4 Å². The molecule has 0 unspecified atom stereocenters. The van der Waals surface area contributed by atoms with Crippen LogP contribution in [0.4, 0.5) is 8.78 Å². The number of aryl methyl sites for hydroxylation is 1. The number of piperidine rings is 1. The van der Waals surface area contributed by atoms with Crippen LogP contribution in [-0.4, -0.2) is 43.9 Å². The number of benzene rings is 2. The first kappa shape index (κ1) is 19.4. The van der Waals surface area contributed by atoms with Crippen molar-refractivity contribution in [2.24, 2.45) is 7.05 Å². The Balaban J connectivity index is 1.51. The third-order valence-corrected chi connectivity index (χ3v) is 6.00. The second-order valence-electron chi connectivity index (χ2n) is 7.99. The van der Waals surface area contributed by atoms with E-state index < -0.39 is 5.92 Å². The molecule has 0 aliphatic carbocycles. The first-order valence-electron chi connectivity index (χ1n) is 10.1. The Morgan fingerprint density at radius 2 is 1.87 bits per heavy atom. The number of likely N-dealkylation sites (tertiary alicyclic amines) is 1. The Kier molecular flexibility index (Phi) is 4.39. The summed E-state index contributed by atoms with van der Waals surface area (Å²) in [5.41, 5.74) is 4.01. The molecule has 0 amide bonds. The Hall–Kier alpha value is -3.55. The maximum Gasteiger partial charge on any atom is 0.272 e. The van der Waals surface area contributed by atoms with Gasteiger partial charge < -0.3 is 4.90 Å². The van der Waals surface area contributed by atoms with Crippen LogP contribution < -0.4 is 5.56 Å². The van der Waals surface area contributed by atoms with Crippen LogP contribution in [-0.2, 0) is 7.05 Å². The van der Waals surface area contributed by atoms with E-state index in [1.165, 1.54) is 0 Å². The van der Waals surface area contributed by atoms with Gasteiger partial charge in [-0.15, -0.1) is 0 Å². The average molecular weight is 421 g/mol. The number of hydrogen-bond acceptors (Lipinski definition) is 4. The van der Waals surface area contributed by atoms with Crippen molar-refractivity contribution in [3.8, 4) is 11.3 Å². The molecule has 1 fully saturated rings. The van der Waals surface area contributed by atoms with E-state index in [-0.39, 0.29) is 18.4 Å². The predicted octanol–water partition coefficient (Wildman–Crippen LogP) is 4.18. The van der Waals surface area contributed by atoms with Gasteiger partial charge in [-0.3, -0.25) is 9.48 Å². The van der Waals surface area contributed by atoms with E-state index in [2.05, 4.69) is 21.9 Å². The summed E-state index contributed by atoms with van der Waals surface area (Å²) in [6, 6.07) is 11.5. The van der Waals surface area contributed by atoms with Crippen LogP contribution in [0.25, 0.3) is 38.6 Å². The number of nitrogens with one attached hydrogen (secondary N) is 1. The van der Waals surface area contributed by atoms with Crippen LogP contribution in [0.3, 0.4) is 0 Å². The molecule has 6 nitrogen and oxygen atoms in total. The van der Waals surface area contributed by atoms with E-state index >= 15 is 0 Å². The van der Waals surface area contributed by atoms with Crippen molar-refractivity contribution in [2.45, 2.75) is 18.8 Å². The minimum Gasteiger partial charge on any atom is -0.371 e. The highest BCUT2D eigenvalue weighted by molar-refractivity contribution is 5.97. The lowest BCUT2D eigenvalue weighted by Gasteiger charge is -2.34. The fourth-order valence-corrected chi connectivity index (χ4v) is 4.18. The Bertz CT molecular complexity index is 1380. The number of alkyl halides is 2. The molecular formula is C23H21F2N5O. The van der Waals surface area contributed by atoms with Crippen molar-refractivity contribution < 1.29 is 8.78 Å². The largest absolute Gasteiger partial charge is 0.371 e. The average Bonchev–Trinajstić information content (AvgIpc) is 3.09. The van der Waals surface area contributed by atoms with Crippen LogP contribution in [0, 0.1) is 0 Å². The minimum absolute atomic E-state index is 0.149.